The van der Waals surface area contributed by atoms with E-state index in [4.69, 9.17) is 0 Å². The van der Waals surface area contributed by atoms with Crippen LogP contribution < -0.4 is 0 Å². The Labute approximate surface area is 87.9 Å². The molecule has 0 aromatic rings. The Morgan fingerprint density at radius 1 is 1.33 bits per heavy atom. The van der Waals surface area contributed by atoms with Crippen molar-refractivity contribution in [3.05, 3.63) is 23.4 Å². The first-order valence-corrected chi connectivity index (χ1v) is 4.97. The third-order valence-electron chi connectivity index (χ3n) is 2.75. The van der Waals surface area contributed by atoms with Gasteiger partial charge in [0.1, 0.15) is 0 Å². The number of aliphatic hydroxyl groups is 1. The molecule has 0 unspecified atom stereocenters. The summed E-state index contributed by atoms with van der Waals surface area (Å²) in [4.78, 5) is 24.3. The van der Waals surface area contributed by atoms with Gasteiger partial charge >= 0.3 is 0 Å². The SMILES string of the molecule is CC(C)N1C[C@@H](O)C2=CC(=O)C(=O)C=C21. The van der Waals surface area contributed by atoms with Crippen LogP contribution >= 0.6 is 0 Å². The molecule has 80 valence electrons. The highest BCUT2D eigenvalue weighted by Gasteiger charge is 2.35. The van der Waals surface area contributed by atoms with Crippen molar-refractivity contribution in [2.24, 2.45) is 0 Å². The number of aliphatic hydroxyl groups excluding tert-OH is 1. The molecule has 4 heteroatoms. The number of likely N-dealkylation sites (tertiary alicyclic amines) is 1. The standard InChI is InChI=1S/C11H13NO3/c1-6(2)12-5-11(15)7-3-9(13)10(14)4-8(7)12/h3-4,6,11,15H,5H2,1-2H3/t11-/m1/s1. The van der Waals surface area contributed by atoms with Crippen LogP contribution in [0.1, 0.15) is 13.8 Å². The third kappa shape index (κ3) is 1.51. The third-order valence-corrected chi connectivity index (χ3v) is 2.75. The van der Waals surface area contributed by atoms with Gasteiger partial charge < -0.3 is 10.0 Å². The largest absolute Gasteiger partial charge is 0.386 e. The van der Waals surface area contributed by atoms with Crippen LogP contribution in [0.5, 0.6) is 0 Å². The van der Waals surface area contributed by atoms with Crippen LogP contribution in [0.15, 0.2) is 23.4 Å². The molecule has 1 fully saturated rings. The summed E-state index contributed by atoms with van der Waals surface area (Å²) in [7, 11) is 0. The second-order valence-electron chi connectivity index (χ2n) is 4.12. The number of hydrogen-bond acceptors (Lipinski definition) is 4. The molecule has 0 radical (unpaired) electrons. The number of ketones is 2. The summed E-state index contributed by atoms with van der Waals surface area (Å²) in [6.07, 6.45) is 1.93. The average molecular weight is 207 g/mol. The Bertz CT molecular complexity index is 393. The van der Waals surface area contributed by atoms with Crippen molar-refractivity contribution in [1.82, 2.24) is 4.90 Å². The maximum absolute atomic E-state index is 11.2. The molecule has 0 saturated carbocycles. The fourth-order valence-corrected chi connectivity index (χ4v) is 1.95. The van der Waals surface area contributed by atoms with Gasteiger partial charge in [-0.15, -0.1) is 0 Å². The van der Waals surface area contributed by atoms with Crippen molar-refractivity contribution in [1.29, 1.82) is 0 Å². The van der Waals surface area contributed by atoms with Crippen LogP contribution in [-0.4, -0.2) is 40.3 Å². The van der Waals surface area contributed by atoms with Gasteiger partial charge in [0.05, 0.1) is 6.10 Å². The number of fused-ring (bicyclic) bond motifs is 1. The van der Waals surface area contributed by atoms with Gasteiger partial charge in [-0.1, -0.05) is 0 Å². The maximum atomic E-state index is 11.2. The highest BCUT2D eigenvalue weighted by Crippen LogP contribution is 2.31. The van der Waals surface area contributed by atoms with E-state index >= 15 is 0 Å². The van der Waals surface area contributed by atoms with E-state index in [-0.39, 0.29) is 6.04 Å². The molecule has 0 spiro atoms. The van der Waals surface area contributed by atoms with Crippen molar-refractivity contribution in [3.63, 3.8) is 0 Å². The van der Waals surface area contributed by atoms with E-state index in [0.717, 1.165) is 0 Å². The van der Waals surface area contributed by atoms with Gasteiger partial charge in [0, 0.05) is 29.9 Å². The average Bonchev–Trinajstić information content (AvgIpc) is 2.45. The first kappa shape index (κ1) is 10.1. The molecule has 1 N–H and O–H groups in total. The number of allylic oxidation sites excluding steroid dienone is 2. The molecule has 1 heterocycles. The van der Waals surface area contributed by atoms with Gasteiger partial charge in [-0.3, -0.25) is 9.59 Å². The van der Waals surface area contributed by atoms with Crippen molar-refractivity contribution in [3.8, 4) is 0 Å². The highest BCUT2D eigenvalue weighted by molar-refractivity contribution is 6.46. The highest BCUT2D eigenvalue weighted by atomic mass is 16.3. The molecule has 1 aliphatic heterocycles. The van der Waals surface area contributed by atoms with Gasteiger partial charge in [0.15, 0.2) is 0 Å². The minimum Gasteiger partial charge on any atom is -0.386 e. The number of hydrogen-bond donors (Lipinski definition) is 1. The molecular formula is C11H13NO3. The Kier molecular flexibility index (Phi) is 2.23. The molecule has 1 saturated heterocycles. The maximum Gasteiger partial charge on any atom is 0.227 e. The van der Waals surface area contributed by atoms with Gasteiger partial charge in [-0.2, -0.15) is 0 Å². The summed E-state index contributed by atoms with van der Waals surface area (Å²) < 4.78 is 0. The van der Waals surface area contributed by atoms with Gasteiger partial charge in [-0.25, -0.2) is 0 Å². The molecular weight excluding hydrogens is 194 g/mol. The van der Waals surface area contributed by atoms with Crippen LogP contribution in [0.2, 0.25) is 0 Å². The quantitative estimate of drug-likeness (QED) is 0.487. The second-order valence-corrected chi connectivity index (χ2v) is 4.12. The summed E-state index contributed by atoms with van der Waals surface area (Å²) in [6, 6.07) is 0.206. The topological polar surface area (TPSA) is 57.6 Å². The molecule has 15 heavy (non-hydrogen) atoms. The molecule has 0 bridgehead atoms. The molecule has 0 aromatic heterocycles. The van der Waals surface area contributed by atoms with Crippen molar-refractivity contribution >= 4 is 11.6 Å². The molecule has 0 amide bonds. The minimum atomic E-state index is -0.657. The lowest BCUT2D eigenvalue weighted by Gasteiger charge is -2.24. The summed E-state index contributed by atoms with van der Waals surface area (Å²) in [5, 5.41) is 9.73. The number of carbonyl (C=O) groups excluding carboxylic acids is 2. The number of rotatable bonds is 1. The molecule has 1 aliphatic carbocycles. The van der Waals surface area contributed by atoms with E-state index in [1.54, 1.807) is 0 Å². The summed E-state index contributed by atoms with van der Waals surface area (Å²) >= 11 is 0. The van der Waals surface area contributed by atoms with Crippen LogP contribution in [0, 0.1) is 0 Å². The minimum absolute atomic E-state index is 0.206. The molecule has 2 aliphatic rings. The lowest BCUT2D eigenvalue weighted by molar-refractivity contribution is -0.131. The fraction of sp³-hybridized carbons (Fsp3) is 0.455. The summed E-state index contributed by atoms with van der Waals surface area (Å²) in [5.41, 5.74) is 1.27. The zero-order valence-corrected chi connectivity index (χ0v) is 8.73. The number of β-amino-alcohol motifs (C(OH)–C–C–N with tert-alkyl or cyclic N) is 1. The summed E-state index contributed by atoms with van der Waals surface area (Å²) in [6.45, 7) is 4.42. The van der Waals surface area contributed by atoms with E-state index in [9.17, 15) is 14.7 Å². The zero-order valence-electron chi connectivity index (χ0n) is 8.73. The van der Waals surface area contributed by atoms with Crippen LogP contribution in [0.3, 0.4) is 0 Å². The smallest absolute Gasteiger partial charge is 0.227 e. The Morgan fingerprint density at radius 3 is 2.53 bits per heavy atom. The first-order chi connectivity index (χ1) is 7.00. The van der Waals surface area contributed by atoms with E-state index in [2.05, 4.69) is 0 Å². The number of nitrogens with zero attached hydrogens (tertiary/aromatic N) is 1. The Hall–Kier alpha value is -1.42. The molecule has 0 aromatic carbocycles. The Balaban J connectivity index is 2.42. The predicted octanol–water partition coefficient (Wildman–Crippen LogP) is 0.0334. The van der Waals surface area contributed by atoms with Gasteiger partial charge in [-0.05, 0) is 19.9 Å². The Morgan fingerprint density at radius 2 is 1.93 bits per heavy atom. The van der Waals surface area contributed by atoms with Crippen molar-refractivity contribution in [2.75, 3.05) is 6.54 Å². The molecule has 1 atom stereocenters. The van der Waals surface area contributed by atoms with Crippen molar-refractivity contribution in [2.45, 2.75) is 26.0 Å². The lowest BCUT2D eigenvalue weighted by atomic mass is 10.0. The van der Waals surface area contributed by atoms with Crippen LogP contribution in [0.4, 0.5) is 0 Å². The normalized spacial score (nSPS) is 25.6. The van der Waals surface area contributed by atoms with E-state index < -0.39 is 17.7 Å². The summed E-state index contributed by atoms with van der Waals surface area (Å²) in [5.74, 6) is -1.05. The van der Waals surface area contributed by atoms with Crippen LogP contribution in [-0.2, 0) is 9.59 Å². The lowest BCUT2D eigenvalue weighted by Crippen LogP contribution is -2.29. The number of carbonyl (C=O) groups is 2. The van der Waals surface area contributed by atoms with E-state index in [1.807, 2.05) is 18.7 Å². The van der Waals surface area contributed by atoms with Crippen molar-refractivity contribution < 1.29 is 14.7 Å². The van der Waals surface area contributed by atoms with Crippen LogP contribution in [0.25, 0.3) is 0 Å². The zero-order chi connectivity index (χ0) is 11.2. The fourth-order valence-electron chi connectivity index (χ4n) is 1.95. The predicted molar refractivity (Wildman–Crippen MR) is 54.0 cm³/mol. The molecule has 2 rings (SSSR count). The van der Waals surface area contributed by atoms with E-state index in [1.165, 1.54) is 12.2 Å². The first-order valence-electron chi connectivity index (χ1n) is 4.97. The second kappa shape index (κ2) is 3.31. The van der Waals surface area contributed by atoms with E-state index in [0.29, 0.717) is 17.8 Å². The molecule has 4 nitrogen and oxygen atoms in total. The monoisotopic (exact) mass is 207 g/mol. The van der Waals surface area contributed by atoms with Gasteiger partial charge in [0.25, 0.3) is 0 Å². The van der Waals surface area contributed by atoms with Gasteiger partial charge in [0.2, 0.25) is 11.6 Å².